The van der Waals surface area contributed by atoms with E-state index in [1.54, 1.807) is 6.20 Å². The van der Waals surface area contributed by atoms with Crippen molar-refractivity contribution in [2.45, 2.75) is 6.42 Å². The number of morpholine rings is 1. The van der Waals surface area contributed by atoms with E-state index in [9.17, 15) is 4.79 Å². The van der Waals surface area contributed by atoms with E-state index in [2.05, 4.69) is 25.1 Å². The average Bonchev–Trinajstić information content (AvgIpc) is 3.18. The monoisotopic (exact) mass is 396 g/mol. The van der Waals surface area contributed by atoms with E-state index >= 15 is 0 Å². The minimum atomic E-state index is -0.312. The van der Waals surface area contributed by atoms with Crippen molar-refractivity contribution in [3.8, 4) is 17.1 Å². The van der Waals surface area contributed by atoms with E-state index < -0.39 is 0 Å². The standard InChI is InChI=1S/C20H24N6O3/c21-20-23-16(12-18(27)24-20)19-15(13-22-25-19)11-14-3-1-2-4-17(14)29-10-7-26-5-8-28-9-6-26/h1-4,12-13H,5-11H2,(H,22,25)(H3,21,23,24,27). The van der Waals surface area contributed by atoms with E-state index in [0.29, 0.717) is 24.4 Å². The number of nitrogens with one attached hydrogen (secondary N) is 2. The second kappa shape index (κ2) is 8.89. The van der Waals surface area contributed by atoms with Crippen LogP contribution in [0.4, 0.5) is 5.95 Å². The molecule has 1 fully saturated rings. The molecule has 1 saturated heterocycles. The van der Waals surface area contributed by atoms with Gasteiger partial charge in [-0.15, -0.1) is 0 Å². The fourth-order valence-electron chi connectivity index (χ4n) is 3.37. The van der Waals surface area contributed by atoms with Crippen LogP contribution in [-0.2, 0) is 11.2 Å². The number of H-pyrrole nitrogens is 2. The summed E-state index contributed by atoms with van der Waals surface area (Å²) in [6.07, 6.45) is 2.40. The lowest BCUT2D eigenvalue weighted by Crippen LogP contribution is -2.38. The molecule has 4 N–H and O–H groups in total. The first kappa shape index (κ1) is 19.2. The Bertz CT molecular complexity index is 1010. The number of aromatic nitrogens is 4. The highest BCUT2D eigenvalue weighted by molar-refractivity contribution is 5.60. The van der Waals surface area contributed by atoms with Gasteiger partial charge in [-0.05, 0) is 11.6 Å². The van der Waals surface area contributed by atoms with Gasteiger partial charge in [0.05, 0.1) is 13.2 Å². The normalized spacial score (nSPS) is 14.8. The maximum absolute atomic E-state index is 11.7. The number of hydrogen-bond donors (Lipinski definition) is 3. The molecule has 0 bridgehead atoms. The summed E-state index contributed by atoms with van der Waals surface area (Å²) < 4.78 is 11.4. The third-order valence-electron chi connectivity index (χ3n) is 4.84. The first-order valence-corrected chi connectivity index (χ1v) is 9.60. The molecule has 0 saturated carbocycles. The molecule has 1 aromatic carbocycles. The Labute approximate surface area is 167 Å². The lowest BCUT2D eigenvalue weighted by atomic mass is 10.0. The fourth-order valence-corrected chi connectivity index (χ4v) is 3.37. The van der Waals surface area contributed by atoms with Gasteiger partial charge in [0.25, 0.3) is 5.56 Å². The van der Waals surface area contributed by atoms with Gasteiger partial charge in [0.2, 0.25) is 5.95 Å². The summed E-state index contributed by atoms with van der Waals surface area (Å²) in [5, 5.41) is 7.12. The van der Waals surface area contributed by atoms with Crippen molar-refractivity contribution in [3.63, 3.8) is 0 Å². The molecule has 4 rings (SSSR count). The molecule has 9 nitrogen and oxygen atoms in total. The molecule has 0 radical (unpaired) electrons. The SMILES string of the molecule is Nc1nc(-c2n[nH]cc2Cc2ccccc2OCCN2CCOCC2)cc(=O)[nH]1. The van der Waals surface area contributed by atoms with Crippen molar-refractivity contribution in [2.24, 2.45) is 0 Å². The molecule has 9 heteroatoms. The molecule has 3 heterocycles. The Morgan fingerprint density at radius 1 is 1.21 bits per heavy atom. The number of nitrogens with zero attached hydrogens (tertiary/aromatic N) is 3. The fraction of sp³-hybridized carbons (Fsp3) is 0.350. The summed E-state index contributed by atoms with van der Waals surface area (Å²) in [6.45, 7) is 4.92. The maximum Gasteiger partial charge on any atom is 0.252 e. The minimum Gasteiger partial charge on any atom is -0.492 e. The molecule has 0 unspecified atom stereocenters. The third-order valence-corrected chi connectivity index (χ3v) is 4.84. The molecule has 0 spiro atoms. The molecule has 152 valence electrons. The smallest absolute Gasteiger partial charge is 0.252 e. The molecule has 29 heavy (non-hydrogen) atoms. The Morgan fingerprint density at radius 2 is 2.03 bits per heavy atom. The van der Waals surface area contributed by atoms with Crippen LogP contribution in [-0.4, -0.2) is 64.5 Å². The van der Waals surface area contributed by atoms with Gasteiger partial charge in [0.15, 0.2) is 0 Å². The predicted molar refractivity (Wildman–Crippen MR) is 109 cm³/mol. The second-order valence-electron chi connectivity index (χ2n) is 6.86. The molecule has 0 amide bonds. The highest BCUT2D eigenvalue weighted by Crippen LogP contribution is 2.26. The summed E-state index contributed by atoms with van der Waals surface area (Å²) in [4.78, 5) is 20.7. The summed E-state index contributed by atoms with van der Waals surface area (Å²) in [7, 11) is 0. The Morgan fingerprint density at radius 3 is 2.86 bits per heavy atom. The molecule has 1 aliphatic heterocycles. The number of nitrogen functional groups attached to an aromatic ring is 1. The average molecular weight is 396 g/mol. The highest BCUT2D eigenvalue weighted by atomic mass is 16.5. The van der Waals surface area contributed by atoms with Crippen molar-refractivity contribution >= 4 is 5.95 Å². The maximum atomic E-state index is 11.7. The van der Waals surface area contributed by atoms with Crippen molar-refractivity contribution in [1.29, 1.82) is 0 Å². The van der Waals surface area contributed by atoms with Crippen LogP contribution in [0.3, 0.4) is 0 Å². The van der Waals surface area contributed by atoms with Crippen molar-refractivity contribution in [2.75, 3.05) is 45.2 Å². The van der Waals surface area contributed by atoms with E-state index in [0.717, 1.165) is 49.7 Å². The van der Waals surface area contributed by atoms with Gasteiger partial charge in [0, 0.05) is 43.9 Å². The molecular weight excluding hydrogens is 372 g/mol. The Hall–Kier alpha value is -3.17. The van der Waals surface area contributed by atoms with E-state index in [-0.39, 0.29) is 11.5 Å². The van der Waals surface area contributed by atoms with E-state index in [1.165, 1.54) is 6.07 Å². The lowest BCUT2D eigenvalue weighted by Gasteiger charge is -2.26. The number of anilines is 1. The van der Waals surface area contributed by atoms with Crippen LogP contribution >= 0.6 is 0 Å². The van der Waals surface area contributed by atoms with E-state index in [4.69, 9.17) is 15.2 Å². The number of aromatic amines is 2. The van der Waals surface area contributed by atoms with Crippen LogP contribution in [0, 0.1) is 0 Å². The van der Waals surface area contributed by atoms with Crippen LogP contribution in [0.5, 0.6) is 5.75 Å². The zero-order chi connectivity index (χ0) is 20.1. The second-order valence-corrected chi connectivity index (χ2v) is 6.86. The third kappa shape index (κ3) is 4.82. The predicted octanol–water partition coefficient (Wildman–Crippen LogP) is 1.04. The largest absolute Gasteiger partial charge is 0.492 e. The van der Waals surface area contributed by atoms with Gasteiger partial charge in [-0.25, -0.2) is 4.98 Å². The topological polar surface area (TPSA) is 122 Å². The first-order chi connectivity index (χ1) is 14.2. The zero-order valence-electron chi connectivity index (χ0n) is 16.1. The number of nitrogens with two attached hydrogens (primary N) is 1. The van der Waals surface area contributed by atoms with Crippen LogP contribution in [0.25, 0.3) is 11.4 Å². The van der Waals surface area contributed by atoms with Gasteiger partial charge >= 0.3 is 0 Å². The van der Waals surface area contributed by atoms with Gasteiger partial charge in [-0.1, -0.05) is 18.2 Å². The number of hydrogen-bond acceptors (Lipinski definition) is 7. The number of benzene rings is 1. The van der Waals surface area contributed by atoms with Crippen LogP contribution in [0.2, 0.25) is 0 Å². The summed E-state index contributed by atoms with van der Waals surface area (Å²) in [6, 6.07) is 9.33. The van der Waals surface area contributed by atoms with Crippen molar-refractivity contribution in [1.82, 2.24) is 25.1 Å². The minimum absolute atomic E-state index is 0.0632. The molecule has 2 aromatic heterocycles. The number of para-hydroxylation sites is 1. The molecule has 3 aromatic rings. The molecular formula is C20H24N6O3. The lowest BCUT2D eigenvalue weighted by molar-refractivity contribution is 0.0322. The highest BCUT2D eigenvalue weighted by Gasteiger charge is 2.15. The van der Waals surface area contributed by atoms with Gasteiger partial charge in [-0.3, -0.25) is 19.8 Å². The molecule has 0 aliphatic carbocycles. The Balaban J connectivity index is 1.48. The van der Waals surface area contributed by atoms with Gasteiger partial charge < -0.3 is 15.2 Å². The summed E-state index contributed by atoms with van der Waals surface area (Å²) in [5.74, 6) is 0.902. The van der Waals surface area contributed by atoms with E-state index in [1.807, 2.05) is 24.3 Å². The van der Waals surface area contributed by atoms with Gasteiger partial charge in [-0.2, -0.15) is 5.10 Å². The number of rotatable bonds is 7. The zero-order valence-corrected chi connectivity index (χ0v) is 16.1. The van der Waals surface area contributed by atoms with Gasteiger partial charge in [0.1, 0.15) is 23.7 Å². The van der Waals surface area contributed by atoms with Crippen LogP contribution in [0.1, 0.15) is 11.1 Å². The number of ether oxygens (including phenoxy) is 2. The summed E-state index contributed by atoms with van der Waals surface area (Å²) >= 11 is 0. The van der Waals surface area contributed by atoms with Crippen LogP contribution in [0.15, 0.2) is 41.3 Å². The first-order valence-electron chi connectivity index (χ1n) is 9.60. The van der Waals surface area contributed by atoms with Crippen LogP contribution < -0.4 is 16.0 Å². The Kier molecular flexibility index (Phi) is 5.87. The van der Waals surface area contributed by atoms with Crippen molar-refractivity contribution in [3.05, 3.63) is 58.0 Å². The summed E-state index contributed by atoms with van der Waals surface area (Å²) in [5.41, 5.74) is 8.35. The quantitative estimate of drug-likeness (QED) is 0.545. The van der Waals surface area contributed by atoms with Crippen molar-refractivity contribution < 1.29 is 9.47 Å². The molecule has 0 atom stereocenters. The molecule has 1 aliphatic rings.